The number of nitrogens with zero attached hydrogens (tertiary/aromatic N) is 2. The first-order chi connectivity index (χ1) is 6.20. The Labute approximate surface area is 79.7 Å². The van der Waals surface area contributed by atoms with Gasteiger partial charge in [-0.15, -0.1) is 0 Å². The third kappa shape index (κ3) is 1.46. The highest BCUT2D eigenvalue weighted by molar-refractivity contribution is 5.81. The number of carbonyl (C=O) groups is 1. The van der Waals surface area contributed by atoms with Crippen LogP contribution in [0.5, 0.6) is 0 Å². The van der Waals surface area contributed by atoms with Gasteiger partial charge in [0, 0.05) is 12.6 Å². The second-order valence-corrected chi connectivity index (χ2v) is 4.34. The Morgan fingerprint density at radius 2 is 2.15 bits per heavy atom. The first-order valence-corrected chi connectivity index (χ1v) is 5.25. The van der Waals surface area contributed by atoms with Gasteiger partial charge in [-0.3, -0.25) is 9.69 Å². The zero-order chi connectivity index (χ0) is 9.42. The van der Waals surface area contributed by atoms with E-state index in [-0.39, 0.29) is 0 Å². The molecule has 0 aromatic heterocycles. The molecule has 0 saturated carbocycles. The summed E-state index contributed by atoms with van der Waals surface area (Å²) >= 11 is 0. The Bertz CT molecular complexity index is 215. The summed E-state index contributed by atoms with van der Waals surface area (Å²) in [5.74, 6) is 0.321. The fraction of sp³-hybridized carbons (Fsp3) is 0.900. The number of rotatable bonds is 1. The van der Waals surface area contributed by atoms with Crippen molar-refractivity contribution in [3.05, 3.63) is 0 Å². The normalized spacial score (nSPS) is 29.9. The molecule has 0 spiro atoms. The second kappa shape index (κ2) is 3.29. The minimum Gasteiger partial charge on any atom is -0.323 e. The predicted octanol–water partition coefficient (Wildman–Crippen LogP) is 1.05. The van der Waals surface area contributed by atoms with Crippen LogP contribution in [0.2, 0.25) is 0 Å². The van der Waals surface area contributed by atoms with Crippen LogP contribution in [0, 0.1) is 0 Å². The Hall–Kier alpha value is -0.570. The van der Waals surface area contributed by atoms with E-state index in [1.165, 1.54) is 19.3 Å². The molecule has 2 fully saturated rings. The summed E-state index contributed by atoms with van der Waals surface area (Å²) in [6.07, 6.45) is 4.12. The fourth-order valence-corrected chi connectivity index (χ4v) is 2.53. The van der Waals surface area contributed by atoms with Gasteiger partial charge in [-0.25, -0.2) is 0 Å². The summed E-state index contributed by atoms with van der Waals surface area (Å²) in [5, 5.41) is 0. The number of carbonyl (C=O) groups excluding carboxylic acids is 1. The average Bonchev–Trinajstić information content (AvgIpc) is 2.39. The molecule has 0 bridgehead atoms. The molecule has 1 amide bonds. The quantitative estimate of drug-likeness (QED) is 0.605. The van der Waals surface area contributed by atoms with Crippen molar-refractivity contribution in [2.75, 3.05) is 13.1 Å². The second-order valence-electron chi connectivity index (χ2n) is 4.34. The zero-order valence-electron chi connectivity index (χ0n) is 8.49. The first kappa shape index (κ1) is 9.00. The number of amides is 1. The SMILES string of the molecule is CC(C)N1C(=O)CN2CCCCC21. The minimum atomic E-state index is 0.321. The van der Waals surface area contributed by atoms with Crippen molar-refractivity contribution in [1.29, 1.82) is 0 Å². The number of piperidine rings is 1. The van der Waals surface area contributed by atoms with Gasteiger partial charge in [0.1, 0.15) is 0 Å². The van der Waals surface area contributed by atoms with Crippen LogP contribution in [0.25, 0.3) is 0 Å². The third-order valence-corrected chi connectivity index (χ3v) is 3.08. The van der Waals surface area contributed by atoms with Gasteiger partial charge in [0.2, 0.25) is 5.91 Å². The number of hydrogen-bond acceptors (Lipinski definition) is 2. The number of hydrogen-bond donors (Lipinski definition) is 0. The van der Waals surface area contributed by atoms with E-state index in [2.05, 4.69) is 23.6 Å². The highest BCUT2D eigenvalue weighted by Crippen LogP contribution is 2.26. The van der Waals surface area contributed by atoms with Gasteiger partial charge in [-0.2, -0.15) is 0 Å². The lowest BCUT2D eigenvalue weighted by Gasteiger charge is -2.35. The van der Waals surface area contributed by atoms with Gasteiger partial charge in [0.25, 0.3) is 0 Å². The summed E-state index contributed by atoms with van der Waals surface area (Å²) in [6, 6.07) is 0.362. The Morgan fingerprint density at radius 1 is 1.38 bits per heavy atom. The molecular formula is C10H18N2O. The summed E-state index contributed by atoms with van der Waals surface area (Å²) in [4.78, 5) is 16.0. The maximum Gasteiger partial charge on any atom is 0.238 e. The van der Waals surface area contributed by atoms with Crippen molar-refractivity contribution in [1.82, 2.24) is 9.80 Å². The van der Waals surface area contributed by atoms with E-state index in [0.29, 0.717) is 24.7 Å². The Kier molecular flexibility index (Phi) is 2.28. The summed E-state index contributed by atoms with van der Waals surface area (Å²) in [7, 11) is 0. The van der Waals surface area contributed by atoms with E-state index in [4.69, 9.17) is 0 Å². The molecule has 13 heavy (non-hydrogen) atoms. The molecule has 2 aliphatic rings. The van der Waals surface area contributed by atoms with Crippen LogP contribution in [-0.2, 0) is 4.79 Å². The smallest absolute Gasteiger partial charge is 0.238 e. The molecule has 3 nitrogen and oxygen atoms in total. The topological polar surface area (TPSA) is 23.6 Å². The van der Waals surface area contributed by atoms with Crippen LogP contribution in [-0.4, -0.2) is 41.0 Å². The van der Waals surface area contributed by atoms with E-state index < -0.39 is 0 Å². The van der Waals surface area contributed by atoms with E-state index in [9.17, 15) is 4.79 Å². The van der Waals surface area contributed by atoms with Crippen molar-refractivity contribution in [2.45, 2.75) is 45.3 Å². The van der Waals surface area contributed by atoms with Crippen molar-refractivity contribution in [3.8, 4) is 0 Å². The van der Waals surface area contributed by atoms with Gasteiger partial charge in [-0.05, 0) is 33.1 Å². The largest absolute Gasteiger partial charge is 0.323 e. The lowest BCUT2D eigenvalue weighted by atomic mass is 10.1. The molecule has 1 unspecified atom stereocenters. The summed E-state index contributed by atoms with van der Waals surface area (Å²) < 4.78 is 0. The molecule has 0 N–H and O–H groups in total. The van der Waals surface area contributed by atoms with E-state index >= 15 is 0 Å². The van der Waals surface area contributed by atoms with Crippen LogP contribution >= 0.6 is 0 Å². The average molecular weight is 182 g/mol. The van der Waals surface area contributed by atoms with E-state index in [0.717, 1.165) is 6.54 Å². The fourth-order valence-electron chi connectivity index (χ4n) is 2.53. The molecule has 0 aromatic rings. The van der Waals surface area contributed by atoms with Gasteiger partial charge >= 0.3 is 0 Å². The molecule has 3 heteroatoms. The summed E-state index contributed by atoms with van der Waals surface area (Å²) in [6.45, 7) is 5.98. The van der Waals surface area contributed by atoms with E-state index in [1.807, 2.05) is 0 Å². The lowest BCUT2D eigenvalue weighted by Crippen LogP contribution is -2.45. The Balaban J connectivity index is 2.13. The predicted molar refractivity (Wildman–Crippen MR) is 51.2 cm³/mol. The molecule has 2 heterocycles. The lowest BCUT2D eigenvalue weighted by molar-refractivity contribution is -0.129. The minimum absolute atomic E-state index is 0.321. The molecule has 0 radical (unpaired) electrons. The van der Waals surface area contributed by atoms with E-state index in [1.54, 1.807) is 0 Å². The molecule has 2 saturated heterocycles. The van der Waals surface area contributed by atoms with Gasteiger partial charge in [0.15, 0.2) is 0 Å². The highest BCUT2D eigenvalue weighted by Gasteiger charge is 2.39. The molecule has 1 atom stereocenters. The monoisotopic (exact) mass is 182 g/mol. The first-order valence-electron chi connectivity index (χ1n) is 5.25. The molecule has 0 aromatic carbocycles. The van der Waals surface area contributed by atoms with Crippen molar-refractivity contribution < 1.29 is 4.79 Å². The van der Waals surface area contributed by atoms with Gasteiger partial charge in [0.05, 0.1) is 12.7 Å². The molecule has 74 valence electrons. The van der Waals surface area contributed by atoms with Crippen molar-refractivity contribution in [3.63, 3.8) is 0 Å². The maximum atomic E-state index is 11.7. The Morgan fingerprint density at radius 3 is 2.85 bits per heavy atom. The van der Waals surface area contributed by atoms with Crippen LogP contribution in [0.4, 0.5) is 0 Å². The van der Waals surface area contributed by atoms with Gasteiger partial charge < -0.3 is 4.90 Å². The maximum absolute atomic E-state index is 11.7. The summed E-state index contributed by atoms with van der Waals surface area (Å²) in [5.41, 5.74) is 0. The van der Waals surface area contributed by atoms with Crippen LogP contribution in [0.1, 0.15) is 33.1 Å². The zero-order valence-corrected chi connectivity index (χ0v) is 8.49. The number of fused-ring (bicyclic) bond motifs is 1. The standard InChI is InChI=1S/C10H18N2O/c1-8(2)12-9-5-3-4-6-11(9)7-10(12)13/h8-9H,3-7H2,1-2H3. The molecule has 0 aliphatic carbocycles. The third-order valence-electron chi connectivity index (χ3n) is 3.08. The van der Waals surface area contributed by atoms with Crippen molar-refractivity contribution in [2.24, 2.45) is 0 Å². The highest BCUT2D eigenvalue weighted by atomic mass is 16.2. The van der Waals surface area contributed by atoms with Crippen LogP contribution in [0.15, 0.2) is 0 Å². The van der Waals surface area contributed by atoms with Crippen LogP contribution in [0.3, 0.4) is 0 Å². The molecule has 2 rings (SSSR count). The van der Waals surface area contributed by atoms with Crippen molar-refractivity contribution >= 4 is 5.91 Å². The molecular weight excluding hydrogens is 164 g/mol. The molecule has 2 aliphatic heterocycles. The van der Waals surface area contributed by atoms with Crippen LogP contribution < -0.4 is 0 Å². The van der Waals surface area contributed by atoms with Gasteiger partial charge in [-0.1, -0.05) is 0 Å².